The number of hydrogen-bond acceptors (Lipinski definition) is 3. The first-order chi connectivity index (χ1) is 4.59. The zero-order valence-electron chi connectivity index (χ0n) is 5.75. The number of Topliss-reactive ketones (excluding diaryl/α,β-unsaturated/α-hetero) is 1. The van der Waals surface area contributed by atoms with Crippen LogP contribution in [0.4, 0.5) is 0 Å². The summed E-state index contributed by atoms with van der Waals surface area (Å²) in [5, 5.41) is 8.31. The summed E-state index contributed by atoms with van der Waals surface area (Å²) in [5.74, 6) is -1.79. The summed E-state index contributed by atoms with van der Waals surface area (Å²) in [5.41, 5.74) is -0.345. The first-order valence-corrected chi connectivity index (χ1v) is 2.56. The van der Waals surface area contributed by atoms with Gasteiger partial charge in [-0.05, 0) is 6.92 Å². The Morgan fingerprint density at radius 3 is 2.10 bits per heavy atom. The van der Waals surface area contributed by atoms with Crippen molar-refractivity contribution in [2.24, 2.45) is 0 Å². The molecule has 4 nitrogen and oxygen atoms in total. The van der Waals surface area contributed by atoms with Gasteiger partial charge in [-0.1, -0.05) is 0 Å². The molecule has 56 valence electrons. The molecular formula is C6H8O4. The largest absolute Gasteiger partial charge is 0.503 e. The van der Waals surface area contributed by atoms with Gasteiger partial charge in [0.05, 0.1) is 7.11 Å². The Morgan fingerprint density at radius 2 is 2.00 bits per heavy atom. The van der Waals surface area contributed by atoms with Gasteiger partial charge in [0.2, 0.25) is 0 Å². The van der Waals surface area contributed by atoms with Crippen molar-refractivity contribution in [1.29, 1.82) is 0 Å². The number of carboxylic acids is 1. The van der Waals surface area contributed by atoms with Crippen LogP contribution in [0.1, 0.15) is 6.92 Å². The van der Waals surface area contributed by atoms with E-state index in [-0.39, 0.29) is 5.57 Å². The van der Waals surface area contributed by atoms with Crippen LogP contribution in [0.25, 0.3) is 0 Å². The van der Waals surface area contributed by atoms with Gasteiger partial charge in [0.25, 0.3) is 0 Å². The minimum absolute atomic E-state index is 0.345. The van der Waals surface area contributed by atoms with Crippen molar-refractivity contribution in [2.45, 2.75) is 6.92 Å². The van der Waals surface area contributed by atoms with Crippen LogP contribution < -0.4 is 0 Å². The number of carboxylic acid groups (broad SMARTS) is 1. The summed E-state index contributed by atoms with van der Waals surface area (Å²) in [6.07, 6.45) is 0.907. The Bertz CT molecular complexity index is 164. The molecule has 0 saturated heterocycles. The summed E-state index contributed by atoms with van der Waals surface area (Å²) in [4.78, 5) is 20.6. The van der Waals surface area contributed by atoms with Crippen LogP contribution in [0.2, 0.25) is 0 Å². The standard InChI is InChI=1S/C6H8O4/c1-4(7)5(3-10-2)6(8)9/h3H,1-2H3,(H,8,9). The van der Waals surface area contributed by atoms with Gasteiger partial charge < -0.3 is 9.84 Å². The van der Waals surface area contributed by atoms with Gasteiger partial charge >= 0.3 is 5.97 Å². The summed E-state index contributed by atoms with van der Waals surface area (Å²) in [6, 6.07) is 0. The maximum absolute atomic E-state index is 10.4. The predicted molar refractivity (Wildman–Crippen MR) is 33.4 cm³/mol. The van der Waals surface area contributed by atoms with E-state index < -0.39 is 11.8 Å². The van der Waals surface area contributed by atoms with Crippen LogP contribution in [0, 0.1) is 0 Å². The molecule has 0 aliphatic carbocycles. The summed E-state index contributed by atoms with van der Waals surface area (Å²) >= 11 is 0. The second-order valence-corrected chi connectivity index (χ2v) is 1.63. The molecule has 0 radical (unpaired) electrons. The zero-order valence-corrected chi connectivity index (χ0v) is 5.75. The Kier molecular flexibility index (Phi) is 3.17. The van der Waals surface area contributed by atoms with Gasteiger partial charge in [0.1, 0.15) is 11.8 Å². The Hall–Kier alpha value is -1.32. The summed E-state index contributed by atoms with van der Waals surface area (Å²) in [7, 11) is 1.28. The lowest BCUT2D eigenvalue weighted by Crippen LogP contribution is -2.08. The second-order valence-electron chi connectivity index (χ2n) is 1.63. The van der Waals surface area contributed by atoms with Gasteiger partial charge in [-0.15, -0.1) is 0 Å². The minimum Gasteiger partial charge on any atom is -0.503 e. The minimum atomic E-state index is -1.27. The van der Waals surface area contributed by atoms with Crippen LogP contribution in [-0.2, 0) is 14.3 Å². The van der Waals surface area contributed by atoms with E-state index in [1.165, 1.54) is 14.0 Å². The van der Waals surface area contributed by atoms with E-state index in [9.17, 15) is 9.59 Å². The average Bonchev–Trinajstić information content (AvgIpc) is 1.81. The number of rotatable bonds is 3. The van der Waals surface area contributed by atoms with E-state index in [1.54, 1.807) is 0 Å². The van der Waals surface area contributed by atoms with E-state index in [0.29, 0.717) is 0 Å². The van der Waals surface area contributed by atoms with Crippen LogP contribution in [-0.4, -0.2) is 24.0 Å². The highest BCUT2D eigenvalue weighted by Gasteiger charge is 2.11. The number of methoxy groups -OCH3 is 1. The Morgan fingerprint density at radius 1 is 1.50 bits per heavy atom. The molecule has 4 heteroatoms. The molecule has 10 heavy (non-hydrogen) atoms. The lowest BCUT2D eigenvalue weighted by Gasteiger charge is -1.93. The van der Waals surface area contributed by atoms with E-state index in [1.807, 2.05) is 0 Å². The van der Waals surface area contributed by atoms with E-state index in [2.05, 4.69) is 4.74 Å². The average molecular weight is 144 g/mol. The van der Waals surface area contributed by atoms with Gasteiger partial charge in [0.15, 0.2) is 5.78 Å². The topological polar surface area (TPSA) is 63.6 Å². The maximum Gasteiger partial charge on any atom is 0.342 e. The third-order valence-corrected chi connectivity index (χ3v) is 0.845. The molecule has 0 unspecified atom stereocenters. The van der Waals surface area contributed by atoms with E-state index in [4.69, 9.17) is 5.11 Å². The molecule has 0 fully saturated rings. The number of ether oxygens (including phenoxy) is 1. The molecule has 0 aliphatic heterocycles. The monoisotopic (exact) mass is 144 g/mol. The normalized spacial score (nSPS) is 10.8. The molecule has 0 saturated carbocycles. The highest BCUT2D eigenvalue weighted by molar-refractivity contribution is 6.15. The maximum atomic E-state index is 10.4. The van der Waals surface area contributed by atoms with Gasteiger partial charge in [-0.2, -0.15) is 0 Å². The number of carbonyl (C=O) groups is 2. The highest BCUT2D eigenvalue weighted by Crippen LogP contribution is 1.95. The molecule has 0 aliphatic rings. The second kappa shape index (κ2) is 3.66. The van der Waals surface area contributed by atoms with Gasteiger partial charge in [-0.25, -0.2) is 4.79 Å². The molecule has 0 spiro atoms. The molecule has 0 aromatic heterocycles. The number of hydrogen-bond donors (Lipinski definition) is 1. The van der Waals surface area contributed by atoms with Crippen LogP contribution in [0.15, 0.2) is 11.8 Å². The third-order valence-electron chi connectivity index (χ3n) is 0.845. The van der Waals surface area contributed by atoms with Crippen molar-refractivity contribution in [1.82, 2.24) is 0 Å². The smallest absolute Gasteiger partial charge is 0.342 e. The van der Waals surface area contributed by atoms with Crippen molar-refractivity contribution in [3.05, 3.63) is 11.8 Å². The molecule has 0 bridgehead atoms. The zero-order chi connectivity index (χ0) is 8.15. The van der Waals surface area contributed by atoms with Crippen molar-refractivity contribution >= 4 is 11.8 Å². The summed E-state index contributed by atoms with van der Waals surface area (Å²) in [6.45, 7) is 1.17. The molecule has 0 rings (SSSR count). The predicted octanol–water partition coefficient (Wildman–Crippen LogP) is 0.190. The fourth-order valence-electron chi connectivity index (χ4n) is 0.402. The lowest BCUT2D eigenvalue weighted by atomic mass is 10.2. The molecule has 0 aromatic rings. The SMILES string of the molecule is COC=C(C(C)=O)C(=O)O. The fraction of sp³-hybridized carbons (Fsp3) is 0.333. The fourth-order valence-corrected chi connectivity index (χ4v) is 0.402. The molecule has 0 atom stereocenters. The van der Waals surface area contributed by atoms with E-state index in [0.717, 1.165) is 6.26 Å². The van der Waals surface area contributed by atoms with Crippen molar-refractivity contribution in [3.8, 4) is 0 Å². The Balaban J connectivity index is 4.42. The van der Waals surface area contributed by atoms with Crippen LogP contribution >= 0.6 is 0 Å². The molecule has 0 amide bonds. The van der Waals surface area contributed by atoms with Crippen molar-refractivity contribution < 1.29 is 19.4 Å². The van der Waals surface area contributed by atoms with Crippen LogP contribution in [0.5, 0.6) is 0 Å². The quantitative estimate of drug-likeness (QED) is 0.266. The highest BCUT2D eigenvalue weighted by atomic mass is 16.5. The van der Waals surface area contributed by atoms with Crippen molar-refractivity contribution in [2.75, 3.05) is 7.11 Å². The number of aliphatic carboxylic acids is 1. The first kappa shape index (κ1) is 8.68. The number of ketones is 1. The summed E-state index contributed by atoms with van der Waals surface area (Å²) < 4.78 is 4.36. The van der Waals surface area contributed by atoms with Gasteiger partial charge in [0, 0.05) is 0 Å². The molecule has 0 aromatic carbocycles. The van der Waals surface area contributed by atoms with E-state index >= 15 is 0 Å². The third kappa shape index (κ3) is 2.30. The first-order valence-electron chi connectivity index (χ1n) is 2.56. The lowest BCUT2D eigenvalue weighted by molar-refractivity contribution is -0.134. The van der Waals surface area contributed by atoms with Crippen molar-refractivity contribution in [3.63, 3.8) is 0 Å². The van der Waals surface area contributed by atoms with Gasteiger partial charge in [-0.3, -0.25) is 4.79 Å². The van der Waals surface area contributed by atoms with Crippen LogP contribution in [0.3, 0.4) is 0 Å². The number of carbonyl (C=O) groups excluding carboxylic acids is 1. The molecular weight excluding hydrogens is 136 g/mol. The molecule has 1 N–H and O–H groups in total. The Labute approximate surface area is 58.1 Å². The molecule has 0 heterocycles.